The van der Waals surface area contributed by atoms with E-state index in [2.05, 4.69) is 10.3 Å². The molecule has 4 nitrogen and oxygen atoms in total. The normalized spacial score (nSPS) is 12.2. The Kier molecular flexibility index (Phi) is 4.07. The number of nitrogens with zero attached hydrogens (tertiary/aromatic N) is 1. The van der Waals surface area contributed by atoms with Gasteiger partial charge in [-0.15, -0.1) is 11.3 Å². The molecular weight excluding hydrogens is 284 g/mol. The highest BCUT2D eigenvalue weighted by Gasteiger charge is 2.15. The highest BCUT2D eigenvalue weighted by atomic mass is 35.5. The first-order valence-electron chi connectivity index (χ1n) is 5.70. The Balaban J connectivity index is 2.14. The Morgan fingerprint density at radius 2 is 2.05 bits per heavy atom. The zero-order valence-corrected chi connectivity index (χ0v) is 12.0. The van der Waals surface area contributed by atoms with Crippen molar-refractivity contribution in [2.75, 3.05) is 5.32 Å². The van der Waals surface area contributed by atoms with Crippen molar-refractivity contribution in [3.63, 3.8) is 0 Å². The lowest BCUT2D eigenvalue weighted by atomic mass is 10.1. The molecule has 1 aromatic heterocycles. The van der Waals surface area contributed by atoms with Crippen molar-refractivity contribution in [2.45, 2.75) is 19.9 Å². The molecule has 2 rings (SSSR count). The van der Waals surface area contributed by atoms with Crippen LogP contribution in [0.1, 0.15) is 33.9 Å². The van der Waals surface area contributed by atoms with Crippen molar-refractivity contribution in [3.8, 4) is 0 Å². The van der Waals surface area contributed by atoms with E-state index in [1.807, 2.05) is 31.2 Å². The minimum Gasteiger partial charge on any atom is -0.476 e. The van der Waals surface area contributed by atoms with Gasteiger partial charge >= 0.3 is 5.97 Å². The molecule has 0 radical (unpaired) electrons. The number of carbonyl (C=O) groups is 1. The minimum absolute atomic E-state index is 0.0319. The second-order valence-electron chi connectivity index (χ2n) is 4.15. The summed E-state index contributed by atoms with van der Waals surface area (Å²) in [7, 11) is 0. The van der Waals surface area contributed by atoms with Gasteiger partial charge in [-0.3, -0.25) is 0 Å². The van der Waals surface area contributed by atoms with Crippen LogP contribution in [-0.2, 0) is 0 Å². The monoisotopic (exact) mass is 296 g/mol. The number of aromatic nitrogens is 1. The molecular formula is C13H13ClN2O2S. The summed E-state index contributed by atoms with van der Waals surface area (Å²) in [6.07, 6.45) is 0. The third-order valence-electron chi connectivity index (χ3n) is 2.71. The summed E-state index contributed by atoms with van der Waals surface area (Å²) in [5, 5.41) is 13.5. The minimum atomic E-state index is -0.999. The lowest BCUT2D eigenvalue weighted by molar-refractivity contribution is 0.0690. The fourth-order valence-corrected chi connectivity index (χ4v) is 2.69. The average Bonchev–Trinajstić information content (AvgIpc) is 2.71. The molecule has 0 aliphatic heterocycles. The Morgan fingerprint density at radius 1 is 1.42 bits per heavy atom. The highest BCUT2D eigenvalue weighted by Crippen LogP contribution is 2.26. The van der Waals surface area contributed by atoms with Gasteiger partial charge in [-0.1, -0.05) is 23.7 Å². The number of nitrogens with one attached hydrogen (secondary N) is 1. The molecule has 0 spiro atoms. The van der Waals surface area contributed by atoms with E-state index in [0.717, 1.165) is 5.56 Å². The molecule has 0 aliphatic carbocycles. The summed E-state index contributed by atoms with van der Waals surface area (Å²) in [4.78, 5) is 15.7. The number of halogens is 1. The fraction of sp³-hybridized carbons (Fsp3) is 0.231. The van der Waals surface area contributed by atoms with E-state index in [9.17, 15) is 4.79 Å². The maximum Gasteiger partial charge on any atom is 0.355 e. The van der Waals surface area contributed by atoms with Crippen LogP contribution in [0.2, 0.25) is 5.02 Å². The number of hydrogen-bond acceptors (Lipinski definition) is 4. The number of rotatable bonds is 4. The largest absolute Gasteiger partial charge is 0.476 e. The lowest BCUT2D eigenvalue weighted by Gasteiger charge is -2.13. The van der Waals surface area contributed by atoms with Crippen molar-refractivity contribution in [1.82, 2.24) is 4.98 Å². The van der Waals surface area contributed by atoms with Crippen LogP contribution in [-0.4, -0.2) is 16.1 Å². The van der Waals surface area contributed by atoms with E-state index < -0.39 is 5.97 Å². The van der Waals surface area contributed by atoms with E-state index in [0.29, 0.717) is 15.0 Å². The van der Waals surface area contributed by atoms with Gasteiger partial charge in [-0.05, 0) is 31.5 Å². The number of carboxylic acid groups (broad SMARTS) is 1. The van der Waals surface area contributed by atoms with E-state index >= 15 is 0 Å². The Hall–Kier alpha value is -1.59. The Labute approximate surface area is 120 Å². The molecule has 6 heteroatoms. The molecule has 1 unspecified atom stereocenters. The van der Waals surface area contributed by atoms with Gasteiger partial charge in [0.1, 0.15) is 0 Å². The molecule has 0 fully saturated rings. The van der Waals surface area contributed by atoms with Crippen LogP contribution in [0.5, 0.6) is 0 Å². The van der Waals surface area contributed by atoms with Gasteiger partial charge < -0.3 is 10.4 Å². The van der Waals surface area contributed by atoms with Crippen molar-refractivity contribution >= 4 is 34.0 Å². The molecule has 2 aromatic rings. The first-order valence-corrected chi connectivity index (χ1v) is 6.89. The molecule has 100 valence electrons. The molecule has 0 aliphatic rings. The van der Waals surface area contributed by atoms with Crippen LogP contribution in [0.15, 0.2) is 24.3 Å². The van der Waals surface area contributed by atoms with Crippen LogP contribution in [0.25, 0.3) is 0 Å². The van der Waals surface area contributed by atoms with Gasteiger partial charge in [0.15, 0.2) is 10.8 Å². The number of carboxylic acids is 1. The molecule has 1 aromatic carbocycles. The lowest BCUT2D eigenvalue weighted by Crippen LogP contribution is -2.06. The van der Waals surface area contributed by atoms with Crippen LogP contribution in [0, 0.1) is 6.92 Å². The number of hydrogen-bond donors (Lipinski definition) is 2. The van der Waals surface area contributed by atoms with E-state index in [1.165, 1.54) is 11.3 Å². The first kappa shape index (κ1) is 13.8. The van der Waals surface area contributed by atoms with Crippen LogP contribution in [0.4, 0.5) is 5.13 Å². The van der Waals surface area contributed by atoms with Gasteiger partial charge in [-0.25, -0.2) is 9.78 Å². The van der Waals surface area contributed by atoms with E-state index in [-0.39, 0.29) is 11.7 Å². The Bertz CT molecular complexity index is 595. The number of benzene rings is 1. The van der Waals surface area contributed by atoms with Gasteiger partial charge in [0.05, 0.1) is 6.04 Å². The quantitative estimate of drug-likeness (QED) is 0.896. The zero-order valence-electron chi connectivity index (χ0n) is 10.5. The second kappa shape index (κ2) is 5.59. The third kappa shape index (κ3) is 3.24. The summed E-state index contributed by atoms with van der Waals surface area (Å²) in [6, 6.07) is 7.54. The van der Waals surface area contributed by atoms with E-state index in [1.54, 1.807) is 6.92 Å². The number of aryl methyl sites for hydroxylation is 1. The highest BCUT2D eigenvalue weighted by molar-refractivity contribution is 7.15. The number of aromatic carboxylic acids is 1. The second-order valence-corrected chi connectivity index (χ2v) is 5.79. The van der Waals surface area contributed by atoms with E-state index in [4.69, 9.17) is 16.7 Å². The van der Waals surface area contributed by atoms with Crippen molar-refractivity contribution in [2.24, 2.45) is 0 Å². The summed E-state index contributed by atoms with van der Waals surface area (Å²) in [6.45, 7) is 3.74. The topological polar surface area (TPSA) is 62.2 Å². The SMILES string of the molecule is Cc1sc(NC(C)c2ccc(Cl)cc2)nc1C(=O)O. The fourth-order valence-electron chi connectivity index (χ4n) is 1.68. The molecule has 2 N–H and O–H groups in total. The maximum atomic E-state index is 10.9. The molecule has 0 amide bonds. The average molecular weight is 297 g/mol. The Morgan fingerprint density at radius 3 is 2.58 bits per heavy atom. The predicted octanol–water partition coefficient (Wildman–Crippen LogP) is 3.98. The van der Waals surface area contributed by atoms with Gasteiger partial charge in [0, 0.05) is 9.90 Å². The molecule has 1 atom stereocenters. The standard InChI is InChI=1S/C13H13ClN2O2S/c1-7(9-3-5-10(14)6-4-9)15-13-16-11(12(17)18)8(2)19-13/h3-7H,1-2H3,(H,15,16)(H,17,18). The van der Waals surface area contributed by atoms with Crippen LogP contribution < -0.4 is 5.32 Å². The zero-order chi connectivity index (χ0) is 14.0. The van der Waals surface area contributed by atoms with Crippen LogP contribution >= 0.6 is 22.9 Å². The number of thiazole rings is 1. The molecule has 0 saturated heterocycles. The number of anilines is 1. The summed E-state index contributed by atoms with van der Waals surface area (Å²) < 4.78 is 0. The first-order chi connectivity index (χ1) is 8.97. The van der Waals surface area contributed by atoms with Crippen molar-refractivity contribution < 1.29 is 9.90 Å². The summed E-state index contributed by atoms with van der Waals surface area (Å²) in [5.74, 6) is -0.999. The molecule has 19 heavy (non-hydrogen) atoms. The summed E-state index contributed by atoms with van der Waals surface area (Å²) >= 11 is 7.18. The van der Waals surface area contributed by atoms with Crippen molar-refractivity contribution in [3.05, 3.63) is 45.4 Å². The maximum absolute atomic E-state index is 10.9. The van der Waals surface area contributed by atoms with Crippen LogP contribution in [0.3, 0.4) is 0 Å². The van der Waals surface area contributed by atoms with Gasteiger partial charge in [-0.2, -0.15) is 0 Å². The molecule has 1 heterocycles. The smallest absolute Gasteiger partial charge is 0.355 e. The van der Waals surface area contributed by atoms with Crippen molar-refractivity contribution in [1.29, 1.82) is 0 Å². The van der Waals surface area contributed by atoms with Gasteiger partial charge in [0.25, 0.3) is 0 Å². The predicted molar refractivity (Wildman–Crippen MR) is 77.3 cm³/mol. The molecule has 0 bridgehead atoms. The third-order valence-corrected chi connectivity index (χ3v) is 3.86. The molecule has 0 saturated carbocycles. The van der Waals surface area contributed by atoms with Gasteiger partial charge in [0.2, 0.25) is 0 Å². The summed E-state index contributed by atoms with van der Waals surface area (Å²) in [5.41, 5.74) is 1.17.